The second-order valence-corrected chi connectivity index (χ2v) is 13.6. The van der Waals surface area contributed by atoms with Gasteiger partial charge in [-0.25, -0.2) is 4.79 Å². The summed E-state index contributed by atoms with van der Waals surface area (Å²) in [5, 5.41) is 17.6. The highest BCUT2D eigenvalue weighted by atomic mass is 16.4. The number of hydrogen-bond donors (Lipinski definition) is 7. The molecule has 6 amide bonds. The fourth-order valence-electron chi connectivity index (χ4n) is 6.19. The zero-order valence-electron chi connectivity index (χ0n) is 28.7. The molecular formula is C32H56N8O8. The molecule has 0 spiro atoms. The van der Waals surface area contributed by atoms with Crippen LogP contribution in [0.2, 0.25) is 0 Å². The van der Waals surface area contributed by atoms with E-state index in [0.717, 1.165) is 0 Å². The van der Waals surface area contributed by atoms with Crippen LogP contribution in [0.25, 0.3) is 0 Å². The molecular weight excluding hydrogens is 624 g/mol. The minimum absolute atomic E-state index is 0.00532. The number of aliphatic carboxylic acids is 1. The average Bonchev–Trinajstić information content (AvgIpc) is 3.71. The summed E-state index contributed by atoms with van der Waals surface area (Å²) < 4.78 is 0. The highest BCUT2D eigenvalue weighted by Gasteiger charge is 2.43. The lowest BCUT2D eigenvalue weighted by molar-refractivity contribution is -0.147. The van der Waals surface area contributed by atoms with Gasteiger partial charge in [0.05, 0.1) is 6.04 Å². The maximum Gasteiger partial charge on any atom is 0.326 e. The van der Waals surface area contributed by atoms with Crippen LogP contribution in [-0.2, 0) is 33.6 Å². The molecule has 48 heavy (non-hydrogen) atoms. The number of carbonyl (C=O) groups excluding carboxylic acids is 6. The molecule has 2 fully saturated rings. The van der Waals surface area contributed by atoms with Gasteiger partial charge >= 0.3 is 5.97 Å². The minimum Gasteiger partial charge on any atom is -0.480 e. The first-order chi connectivity index (χ1) is 22.6. The average molecular weight is 681 g/mol. The molecule has 0 aromatic rings. The lowest BCUT2D eigenvalue weighted by Gasteiger charge is -2.33. The summed E-state index contributed by atoms with van der Waals surface area (Å²) in [5.41, 5.74) is 16.9. The first-order valence-electron chi connectivity index (χ1n) is 17.1. The van der Waals surface area contributed by atoms with Crippen LogP contribution in [0.4, 0.5) is 0 Å². The topological polar surface area (TPSA) is 260 Å². The van der Waals surface area contributed by atoms with Crippen molar-refractivity contribution in [3.05, 3.63) is 0 Å². The van der Waals surface area contributed by atoms with Crippen molar-refractivity contribution in [2.45, 2.75) is 128 Å². The predicted molar refractivity (Wildman–Crippen MR) is 177 cm³/mol. The lowest BCUT2D eigenvalue weighted by atomic mass is 9.99. The van der Waals surface area contributed by atoms with Crippen molar-refractivity contribution in [3.8, 4) is 0 Å². The second kappa shape index (κ2) is 19.3. The van der Waals surface area contributed by atoms with Crippen LogP contribution < -0.4 is 33.2 Å². The molecule has 272 valence electrons. The van der Waals surface area contributed by atoms with Crippen LogP contribution in [-0.4, -0.2) is 112 Å². The summed E-state index contributed by atoms with van der Waals surface area (Å²) >= 11 is 0. The molecule has 0 unspecified atom stereocenters. The van der Waals surface area contributed by atoms with Gasteiger partial charge in [0.2, 0.25) is 35.4 Å². The van der Waals surface area contributed by atoms with Crippen molar-refractivity contribution >= 4 is 41.4 Å². The standard InChI is InChI=1S/C32H56N8O8/c1-18(2)17-22(32(47)48)37-29(44)26(19(3)4)38-27(42)21(9-5-6-14-33)36-28(43)23-10-7-15-39(23)31(46)24-11-8-16-40(24)30(45)20(34)12-13-25(35)41/h18-24,26H,5-17,33-34H2,1-4H3,(H2,35,41)(H,36,43)(H,37,44)(H,38,42)(H,47,48)/t20-,21-,22-,23-,24-,26-/m0/s1. The number of nitrogens with one attached hydrogen (secondary N) is 3. The van der Waals surface area contributed by atoms with Crippen molar-refractivity contribution in [2.24, 2.45) is 29.0 Å². The van der Waals surface area contributed by atoms with Gasteiger partial charge in [-0.3, -0.25) is 28.8 Å². The largest absolute Gasteiger partial charge is 0.480 e. The Morgan fingerprint density at radius 2 is 1.44 bits per heavy atom. The Labute approximate surface area is 282 Å². The first kappa shape index (κ1) is 40.4. The van der Waals surface area contributed by atoms with E-state index >= 15 is 0 Å². The van der Waals surface area contributed by atoms with E-state index < -0.39 is 77.7 Å². The third kappa shape index (κ3) is 11.7. The van der Waals surface area contributed by atoms with E-state index in [1.54, 1.807) is 13.8 Å². The molecule has 6 atom stereocenters. The minimum atomic E-state index is -1.18. The fraction of sp³-hybridized carbons (Fsp3) is 0.781. The number of carboxylic acids is 1. The Morgan fingerprint density at radius 1 is 0.812 bits per heavy atom. The van der Waals surface area contributed by atoms with E-state index in [1.165, 1.54) is 9.80 Å². The molecule has 0 radical (unpaired) electrons. The van der Waals surface area contributed by atoms with Gasteiger partial charge in [-0.1, -0.05) is 27.7 Å². The number of hydrogen-bond acceptors (Lipinski definition) is 9. The molecule has 2 saturated heterocycles. The first-order valence-corrected chi connectivity index (χ1v) is 17.1. The molecule has 0 bridgehead atoms. The summed E-state index contributed by atoms with van der Waals surface area (Å²) in [6.45, 7) is 8.10. The molecule has 2 aliphatic rings. The smallest absolute Gasteiger partial charge is 0.326 e. The number of unbranched alkanes of at least 4 members (excludes halogenated alkanes) is 1. The zero-order valence-corrected chi connectivity index (χ0v) is 28.7. The van der Waals surface area contributed by atoms with Crippen LogP contribution >= 0.6 is 0 Å². The molecule has 2 aliphatic heterocycles. The Balaban J connectivity index is 2.17. The quantitative estimate of drug-likeness (QED) is 0.0813. The van der Waals surface area contributed by atoms with E-state index in [0.29, 0.717) is 58.2 Å². The van der Waals surface area contributed by atoms with Gasteiger partial charge in [-0.2, -0.15) is 0 Å². The van der Waals surface area contributed by atoms with Crippen molar-refractivity contribution in [1.82, 2.24) is 25.8 Å². The molecule has 0 aromatic carbocycles. The summed E-state index contributed by atoms with van der Waals surface area (Å²) in [6.07, 6.45) is 3.41. The number of carboxylic acid groups (broad SMARTS) is 1. The molecule has 0 saturated carbocycles. The van der Waals surface area contributed by atoms with Crippen molar-refractivity contribution in [3.63, 3.8) is 0 Å². The Hall–Kier alpha value is -3.79. The summed E-state index contributed by atoms with van der Waals surface area (Å²) in [6, 6.07) is -5.90. The van der Waals surface area contributed by atoms with E-state index in [4.69, 9.17) is 17.2 Å². The number of amides is 6. The summed E-state index contributed by atoms with van der Waals surface area (Å²) in [4.78, 5) is 93.0. The number of nitrogens with zero attached hydrogens (tertiary/aromatic N) is 2. The van der Waals surface area contributed by atoms with E-state index in [-0.39, 0.29) is 37.5 Å². The van der Waals surface area contributed by atoms with Crippen LogP contribution in [0.5, 0.6) is 0 Å². The van der Waals surface area contributed by atoms with E-state index in [2.05, 4.69) is 16.0 Å². The number of rotatable bonds is 19. The zero-order chi connectivity index (χ0) is 36.1. The number of primary amides is 1. The molecule has 0 aliphatic carbocycles. The van der Waals surface area contributed by atoms with E-state index in [9.17, 15) is 38.7 Å². The van der Waals surface area contributed by atoms with Gasteiger partial charge in [0.15, 0.2) is 0 Å². The van der Waals surface area contributed by atoms with Crippen molar-refractivity contribution < 1.29 is 38.7 Å². The predicted octanol–water partition coefficient (Wildman–Crippen LogP) is -1.07. The lowest BCUT2D eigenvalue weighted by Crippen LogP contribution is -2.59. The van der Waals surface area contributed by atoms with Crippen molar-refractivity contribution in [2.75, 3.05) is 19.6 Å². The molecule has 2 rings (SSSR count). The molecule has 0 aromatic heterocycles. The normalized spacial score (nSPS) is 20.2. The molecule has 2 heterocycles. The van der Waals surface area contributed by atoms with Gasteiger partial charge < -0.3 is 48.1 Å². The summed E-state index contributed by atoms with van der Waals surface area (Å²) in [7, 11) is 0. The Kier molecular flexibility index (Phi) is 16.2. The summed E-state index contributed by atoms with van der Waals surface area (Å²) in [5.74, 6) is -4.76. The highest BCUT2D eigenvalue weighted by molar-refractivity contribution is 5.97. The van der Waals surface area contributed by atoms with Crippen LogP contribution in [0.3, 0.4) is 0 Å². The van der Waals surface area contributed by atoms with Crippen LogP contribution in [0.1, 0.15) is 91.9 Å². The highest BCUT2D eigenvalue weighted by Crippen LogP contribution is 2.26. The van der Waals surface area contributed by atoms with Crippen LogP contribution in [0, 0.1) is 11.8 Å². The maximum atomic E-state index is 13.8. The third-order valence-corrected chi connectivity index (χ3v) is 8.83. The number of likely N-dealkylation sites (tertiary alicyclic amines) is 2. The maximum absolute atomic E-state index is 13.8. The van der Waals surface area contributed by atoms with Crippen molar-refractivity contribution in [1.29, 1.82) is 0 Å². The molecule has 16 heteroatoms. The third-order valence-electron chi connectivity index (χ3n) is 8.83. The second-order valence-electron chi connectivity index (χ2n) is 13.6. The van der Waals surface area contributed by atoms with Crippen LogP contribution in [0.15, 0.2) is 0 Å². The van der Waals surface area contributed by atoms with Gasteiger partial charge in [0, 0.05) is 19.5 Å². The van der Waals surface area contributed by atoms with Gasteiger partial charge in [0.1, 0.15) is 30.2 Å². The van der Waals surface area contributed by atoms with Gasteiger partial charge in [-0.05, 0) is 76.2 Å². The SMILES string of the molecule is CC(C)C[C@H](NC(=O)[C@@H](NC(=O)[C@H](CCCCN)NC(=O)[C@@H]1CCCN1C(=O)[C@@H]1CCCN1C(=O)[C@@H](N)CCC(N)=O)C(C)C)C(=O)O. The fourth-order valence-corrected chi connectivity index (χ4v) is 6.19. The number of nitrogens with two attached hydrogens (primary N) is 3. The van der Waals surface area contributed by atoms with E-state index in [1.807, 2.05) is 13.8 Å². The van der Waals surface area contributed by atoms with Gasteiger partial charge in [-0.15, -0.1) is 0 Å². The molecule has 10 N–H and O–H groups in total. The Bertz CT molecular complexity index is 1160. The number of carbonyl (C=O) groups is 7. The molecule has 16 nitrogen and oxygen atoms in total. The van der Waals surface area contributed by atoms with Gasteiger partial charge in [0.25, 0.3) is 0 Å². The Morgan fingerprint density at radius 3 is 2.00 bits per heavy atom. The monoisotopic (exact) mass is 680 g/mol.